The first-order valence-electron chi connectivity index (χ1n) is 4.83. The summed E-state index contributed by atoms with van der Waals surface area (Å²) < 4.78 is 7.24. The first-order chi connectivity index (χ1) is 6.85. The van der Waals surface area contributed by atoms with Crippen LogP contribution in [0, 0.1) is 0 Å². The zero-order chi connectivity index (χ0) is 9.97. The van der Waals surface area contributed by atoms with Crippen LogP contribution in [0.2, 0.25) is 0 Å². The average Bonchev–Trinajstić information content (AvgIpc) is 2.85. The van der Waals surface area contributed by atoms with Crippen LogP contribution in [0.4, 0.5) is 0 Å². The highest BCUT2D eigenvalue weighted by Gasteiger charge is 2.10. The molecule has 0 unspecified atom stereocenters. The summed E-state index contributed by atoms with van der Waals surface area (Å²) in [5, 5.41) is 3.87. The van der Waals surface area contributed by atoms with E-state index in [-0.39, 0.29) is 0 Å². The lowest BCUT2D eigenvalue weighted by molar-refractivity contribution is 0.420. The average molecular weight is 191 g/mol. The Morgan fingerprint density at radius 3 is 2.93 bits per heavy atom. The van der Waals surface area contributed by atoms with Gasteiger partial charge in [-0.15, -0.1) is 0 Å². The van der Waals surface area contributed by atoms with E-state index >= 15 is 0 Å². The highest BCUT2D eigenvalue weighted by molar-refractivity contribution is 5.47. The van der Waals surface area contributed by atoms with E-state index in [2.05, 4.69) is 21.6 Å². The number of hydrogen-bond donors (Lipinski definition) is 0. The van der Waals surface area contributed by atoms with Crippen LogP contribution in [-0.2, 0) is 13.0 Å². The van der Waals surface area contributed by atoms with Crippen molar-refractivity contribution in [2.45, 2.75) is 26.8 Å². The van der Waals surface area contributed by atoms with Gasteiger partial charge in [-0.05, 0) is 19.1 Å². The standard InChI is InChI=1S/C10H13N3O/c1-3-9-11-10(14-12-9)8-6-5-7-13(8)4-2/h5-7H,3-4H2,1-2H3. The van der Waals surface area contributed by atoms with Gasteiger partial charge in [-0.2, -0.15) is 4.98 Å². The molecule has 2 rings (SSSR count). The molecule has 14 heavy (non-hydrogen) atoms. The molecule has 0 aliphatic carbocycles. The van der Waals surface area contributed by atoms with Crippen LogP contribution in [0.1, 0.15) is 19.7 Å². The molecule has 0 radical (unpaired) electrons. The summed E-state index contributed by atoms with van der Waals surface area (Å²) in [6.07, 6.45) is 2.81. The molecule has 0 bridgehead atoms. The summed E-state index contributed by atoms with van der Waals surface area (Å²) in [7, 11) is 0. The van der Waals surface area contributed by atoms with Crippen molar-refractivity contribution >= 4 is 0 Å². The molecule has 4 nitrogen and oxygen atoms in total. The van der Waals surface area contributed by atoms with Crippen molar-refractivity contribution in [3.63, 3.8) is 0 Å². The van der Waals surface area contributed by atoms with E-state index in [1.807, 2.05) is 25.3 Å². The summed E-state index contributed by atoms with van der Waals surface area (Å²) in [5.74, 6) is 1.36. The Balaban J connectivity index is 2.38. The van der Waals surface area contributed by atoms with Gasteiger partial charge in [0.1, 0.15) is 5.69 Å². The molecule has 0 saturated carbocycles. The minimum atomic E-state index is 0.605. The van der Waals surface area contributed by atoms with Crippen LogP contribution in [0.5, 0.6) is 0 Å². The molecular weight excluding hydrogens is 178 g/mol. The van der Waals surface area contributed by atoms with Gasteiger partial charge in [-0.25, -0.2) is 0 Å². The maximum Gasteiger partial charge on any atom is 0.274 e. The number of aromatic nitrogens is 3. The first-order valence-corrected chi connectivity index (χ1v) is 4.83. The lowest BCUT2D eigenvalue weighted by Gasteiger charge is -1.99. The molecule has 0 saturated heterocycles. The van der Waals surface area contributed by atoms with E-state index in [0.29, 0.717) is 5.89 Å². The fraction of sp³-hybridized carbons (Fsp3) is 0.400. The molecule has 0 fully saturated rings. The fourth-order valence-electron chi connectivity index (χ4n) is 1.39. The van der Waals surface area contributed by atoms with Gasteiger partial charge in [0.2, 0.25) is 0 Å². The predicted octanol–water partition coefficient (Wildman–Crippen LogP) is 2.12. The SMILES string of the molecule is CCc1noc(-c2cccn2CC)n1. The van der Waals surface area contributed by atoms with Gasteiger partial charge in [0, 0.05) is 19.2 Å². The molecule has 0 spiro atoms. The predicted molar refractivity (Wildman–Crippen MR) is 52.8 cm³/mol. The Hall–Kier alpha value is -1.58. The number of hydrogen-bond acceptors (Lipinski definition) is 3. The van der Waals surface area contributed by atoms with Gasteiger partial charge in [-0.1, -0.05) is 12.1 Å². The summed E-state index contributed by atoms with van der Waals surface area (Å²) in [4.78, 5) is 4.28. The third-order valence-electron chi connectivity index (χ3n) is 2.17. The zero-order valence-electron chi connectivity index (χ0n) is 8.40. The smallest absolute Gasteiger partial charge is 0.274 e. The Labute approximate surface area is 82.6 Å². The quantitative estimate of drug-likeness (QED) is 0.746. The third kappa shape index (κ3) is 1.43. The minimum absolute atomic E-state index is 0.605. The molecular formula is C10H13N3O. The van der Waals surface area contributed by atoms with Gasteiger partial charge in [0.25, 0.3) is 5.89 Å². The topological polar surface area (TPSA) is 43.9 Å². The molecule has 2 aromatic rings. The maximum atomic E-state index is 5.16. The molecule has 4 heteroatoms. The molecule has 2 heterocycles. The minimum Gasteiger partial charge on any atom is -0.344 e. The van der Waals surface area contributed by atoms with Crippen LogP contribution in [0.15, 0.2) is 22.9 Å². The second-order valence-electron chi connectivity index (χ2n) is 3.05. The van der Waals surface area contributed by atoms with E-state index < -0.39 is 0 Å². The van der Waals surface area contributed by atoms with Crippen molar-refractivity contribution in [1.82, 2.24) is 14.7 Å². The van der Waals surface area contributed by atoms with E-state index in [9.17, 15) is 0 Å². The molecule has 74 valence electrons. The maximum absolute atomic E-state index is 5.16. The van der Waals surface area contributed by atoms with Gasteiger partial charge in [0.15, 0.2) is 5.82 Å². The van der Waals surface area contributed by atoms with Gasteiger partial charge >= 0.3 is 0 Å². The van der Waals surface area contributed by atoms with Crippen molar-refractivity contribution < 1.29 is 4.52 Å². The van der Waals surface area contributed by atoms with Crippen LogP contribution in [0.3, 0.4) is 0 Å². The van der Waals surface area contributed by atoms with Crippen LogP contribution in [-0.4, -0.2) is 14.7 Å². The van der Waals surface area contributed by atoms with E-state index in [1.54, 1.807) is 0 Å². The Kier molecular flexibility index (Phi) is 2.35. The fourth-order valence-corrected chi connectivity index (χ4v) is 1.39. The second kappa shape index (κ2) is 3.65. The van der Waals surface area contributed by atoms with Crippen LogP contribution >= 0.6 is 0 Å². The second-order valence-corrected chi connectivity index (χ2v) is 3.05. The number of rotatable bonds is 3. The molecule has 0 aliphatic rings. The van der Waals surface area contributed by atoms with Crippen molar-refractivity contribution in [3.8, 4) is 11.6 Å². The van der Waals surface area contributed by atoms with Crippen molar-refractivity contribution in [2.24, 2.45) is 0 Å². The summed E-state index contributed by atoms with van der Waals surface area (Å²) in [6, 6.07) is 3.96. The Morgan fingerprint density at radius 2 is 2.29 bits per heavy atom. The Bertz CT molecular complexity index is 416. The summed E-state index contributed by atoms with van der Waals surface area (Å²) >= 11 is 0. The largest absolute Gasteiger partial charge is 0.344 e. The summed E-state index contributed by atoms with van der Waals surface area (Å²) in [6.45, 7) is 5.00. The molecule has 0 amide bonds. The van der Waals surface area contributed by atoms with Gasteiger partial charge in [-0.3, -0.25) is 0 Å². The number of aryl methyl sites for hydroxylation is 2. The molecule has 0 aliphatic heterocycles. The van der Waals surface area contributed by atoms with Gasteiger partial charge < -0.3 is 9.09 Å². The van der Waals surface area contributed by atoms with Crippen LogP contribution < -0.4 is 0 Å². The molecule has 0 N–H and O–H groups in total. The molecule has 0 atom stereocenters. The normalized spacial score (nSPS) is 10.7. The lowest BCUT2D eigenvalue weighted by atomic mass is 10.4. The number of nitrogens with zero attached hydrogens (tertiary/aromatic N) is 3. The lowest BCUT2D eigenvalue weighted by Crippen LogP contribution is -1.94. The monoisotopic (exact) mass is 191 g/mol. The summed E-state index contributed by atoms with van der Waals surface area (Å²) in [5.41, 5.74) is 0.986. The molecule has 2 aromatic heterocycles. The molecule has 0 aromatic carbocycles. The van der Waals surface area contributed by atoms with Crippen LogP contribution in [0.25, 0.3) is 11.6 Å². The zero-order valence-corrected chi connectivity index (χ0v) is 8.40. The highest BCUT2D eigenvalue weighted by atomic mass is 16.5. The van der Waals surface area contributed by atoms with E-state index in [1.165, 1.54) is 0 Å². The van der Waals surface area contributed by atoms with Crippen molar-refractivity contribution in [1.29, 1.82) is 0 Å². The van der Waals surface area contributed by atoms with E-state index in [0.717, 1.165) is 24.5 Å². The van der Waals surface area contributed by atoms with Crippen molar-refractivity contribution in [3.05, 3.63) is 24.2 Å². The van der Waals surface area contributed by atoms with Gasteiger partial charge in [0.05, 0.1) is 0 Å². The van der Waals surface area contributed by atoms with E-state index in [4.69, 9.17) is 4.52 Å². The highest BCUT2D eigenvalue weighted by Crippen LogP contribution is 2.17. The van der Waals surface area contributed by atoms with Crippen molar-refractivity contribution in [2.75, 3.05) is 0 Å². The third-order valence-corrected chi connectivity index (χ3v) is 2.17. The Morgan fingerprint density at radius 1 is 1.43 bits per heavy atom. The first kappa shape index (κ1) is 8.99.